The number of sulfonamides is 1. The number of anilines is 3. The minimum absolute atomic E-state index is 0.0519. The predicted octanol–water partition coefficient (Wildman–Crippen LogP) is 2.26. The number of rotatable bonds is 6. The van der Waals surface area contributed by atoms with Gasteiger partial charge >= 0.3 is 0 Å². The molecular formula is C16H13N5O5S2. The van der Waals surface area contributed by atoms with Crippen LogP contribution < -0.4 is 16.2 Å². The van der Waals surface area contributed by atoms with E-state index in [0.717, 1.165) is 11.3 Å². The first-order valence-electron chi connectivity index (χ1n) is 7.61. The zero-order valence-corrected chi connectivity index (χ0v) is 15.7. The lowest BCUT2D eigenvalue weighted by atomic mass is 10.1. The smallest absolute Gasteiger partial charge is 0.280 e. The van der Waals surface area contributed by atoms with Crippen LogP contribution in [0.25, 0.3) is 0 Å². The van der Waals surface area contributed by atoms with E-state index in [0.29, 0.717) is 5.69 Å². The molecule has 0 spiro atoms. The van der Waals surface area contributed by atoms with Crippen molar-refractivity contribution in [3.05, 3.63) is 69.1 Å². The van der Waals surface area contributed by atoms with E-state index in [1.165, 1.54) is 48.5 Å². The Labute approximate surface area is 163 Å². The number of benzene rings is 2. The molecule has 0 aliphatic rings. The number of nitro benzene ring substituents is 1. The number of hydrogen-bond donors (Lipinski definition) is 3. The number of nitrogens with one attached hydrogen (secondary N) is 1. The number of nitrogens with zero attached hydrogens (tertiary/aromatic N) is 2. The minimum atomic E-state index is -3.81. The number of nitrogen functional groups attached to an aromatic ring is 1. The Morgan fingerprint density at radius 3 is 2.39 bits per heavy atom. The number of ketones is 1. The fourth-order valence-corrected chi connectivity index (χ4v) is 3.72. The van der Waals surface area contributed by atoms with E-state index < -0.39 is 20.7 Å². The Morgan fingerprint density at radius 2 is 1.79 bits per heavy atom. The fraction of sp³-hybridized carbons (Fsp3) is 0. The largest absolute Gasteiger partial charge is 0.382 e. The molecule has 12 heteroatoms. The van der Waals surface area contributed by atoms with Crippen molar-refractivity contribution in [1.82, 2.24) is 4.98 Å². The third-order valence-electron chi connectivity index (χ3n) is 3.64. The summed E-state index contributed by atoms with van der Waals surface area (Å²) in [5, 5.41) is 19.3. The number of carbonyl (C=O) groups excluding carboxylic acids is 1. The highest BCUT2D eigenvalue weighted by atomic mass is 32.2. The quantitative estimate of drug-likeness (QED) is 0.310. The molecular weight excluding hydrogens is 406 g/mol. The zero-order chi connectivity index (χ0) is 20.5. The number of nitrogens with two attached hydrogens (primary N) is 2. The van der Waals surface area contributed by atoms with Gasteiger partial charge in [0, 0.05) is 11.8 Å². The second-order valence-corrected chi connectivity index (χ2v) is 8.09. The second kappa shape index (κ2) is 7.34. The lowest BCUT2D eigenvalue weighted by Crippen LogP contribution is -2.11. The number of nitro groups is 1. The molecule has 28 heavy (non-hydrogen) atoms. The van der Waals surface area contributed by atoms with E-state index in [4.69, 9.17) is 10.9 Å². The molecule has 0 bridgehead atoms. The summed E-state index contributed by atoms with van der Waals surface area (Å²) in [7, 11) is -3.81. The van der Waals surface area contributed by atoms with E-state index >= 15 is 0 Å². The zero-order valence-electron chi connectivity index (χ0n) is 14.0. The van der Waals surface area contributed by atoms with Crippen LogP contribution in [-0.4, -0.2) is 24.1 Å². The Morgan fingerprint density at radius 1 is 1.14 bits per heavy atom. The molecule has 3 rings (SSSR count). The third kappa shape index (κ3) is 3.98. The van der Waals surface area contributed by atoms with Crippen molar-refractivity contribution >= 4 is 49.5 Å². The van der Waals surface area contributed by atoms with Gasteiger partial charge in [-0.3, -0.25) is 14.9 Å². The Balaban J connectivity index is 1.88. The van der Waals surface area contributed by atoms with Gasteiger partial charge in [0.15, 0.2) is 5.13 Å². The maximum absolute atomic E-state index is 12.7. The maximum atomic E-state index is 12.7. The van der Waals surface area contributed by atoms with Gasteiger partial charge in [0.25, 0.3) is 5.69 Å². The first kappa shape index (κ1) is 19.4. The fourth-order valence-electron chi connectivity index (χ4n) is 2.35. The molecule has 144 valence electrons. The van der Waals surface area contributed by atoms with E-state index in [-0.39, 0.29) is 32.0 Å². The van der Waals surface area contributed by atoms with E-state index in [1.54, 1.807) is 0 Å². The van der Waals surface area contributed by atoms with Crippen molar-refractivity contribution < 1.29 is 18.1 Å². The third-order valence-corrected chi connectivity index (χ3v) is 5.55. The van der Waals surface area contributed by atoms with Crippen molar-refractivity contribution in [2.75, 3.05) is 11.1 Å². The number of thiazole rings is 1. The van der Waals surface area contributed by atoms with Crippen LogP contribution in [0, 0.1) is 10.1 Å². The first-order chi connectivity index (χ1) is 13.2. The van der Waals surface area contributed by atoms with E-state index in [1.807, 2.05) is 0 Å². The number of primary sulfonamides is 1. The Hall–Kier alpha value is -3.35. The highest BCUT2D eigenvalue weighted by Gasteiger charge is 2.25. The molecule has 0 aliphatic carbocycles. The lowest BCUT2D eigenvalue weighted by molar-refractivity contribution is -0.385. The molecule has 0 saturated heterocycles. The van der Waals surface area contributed by atoms with E-state index in [9.17, 15) is 23.3 Å². The summed E-state index contributed by atoms with van der Waals surface area (Å²) in [5.74, 6) is -0.684. The van der Waals surface area contributed by atoms with Gasteiger partial charge in [-0.15, -0.1) is 0 Å². The van der Waals surface area contributed by atoms with Gasteiger partial charge in [0.05, 0.1) is 9.82 Å². The minimum Gasteiger partial charge on any atom is -0.382 e. The average Bonchev–Trinajstić information content (AvgIpc) is 3.01. The molecule has 0 aliphatic heterocycles. The molecule has 0 fully saturated rings. The standard InChI is InChI=1S/C16H13N5O5S2/c17-15-14(13(22)11-3-1-2-4-12(11)21(23)24)27-16(20-15)19-9-5-7-10(8-6-9)28(18,25)26/h1-8H,17H2,(H,19,20)(H2,18,25,26). The number of hydrogen-bond acceptors (Lipinski definition) is 9. The number of carbonyl (C=O) groups is 1. The van der Waals surface area contributed by atoms with Crippen LogP contribution in [0.4, 0.5) is 22.3 Å². The first-order valence-corrected chi connectivity index (χ1v) is 9.97. The SMILES string of the molecule is Nc1nc(Nc2ccc(S(N)(=O)=O)cc2)sc1C(=O)c1ccccc1[N+](=O)[O-]. The van der Waals surface area contributed by atoms with Crippen LogP contribution in [0.3, 0.4) is 0 Å². The molecule has 0 amide bonds. The van der Waals surface area contributed by atoms with Gasteiger partial charge in [-0.05, 0) is 30.3 Å². The van der Waals surface area contributed by atoms with Crippen LogP contribution in [0.2, 0.25) is 0 Å². The molecule has 3 aromatic rings. The monoisotopic (exact) mass is 419 g/mol. The summed E-state index contributed by atoms with van der Waals surface area (Å²) in [6, 6.07) is 11.1. The Bertz CT molecular complexity index is 1170. The summed E-state index contributed by atoms with van der Waals surface area (Å²) in [6.45, 7) is 0. The average molecular weight is 419 g/mol. The lowest BCUT2D eigenvalue weighted by Gasteiger charge is -2.03. The summed E-state index contributed by atoms with van der Waals surface area (Å²) in [4.78, 5) is 27.2. The van der Waals surface area contributed by atoms with Gasteiger partial charge in [0.2, 0.25) is 15.8 Å². The highest BCUT2D eigenvalue weighted by molar-refractivity contribution is 7.89. The van der Waals surface area contributed by atoms with E-state index in [2.05, 4.69) is 10.3 Å². The molecule has 0 saturated carbocycles. The summed E-state index contributed by atoms with van der Waals surface area (Å²) < 4.78 is 22.6. The van der Waals surface area contributed by atoms with Gasteiger partial charge in [-0.25, -0.2) is 18.5 Å². The van der Waals surface area contributed by atoms with Crippen LogP contribution in [0.15, 0.2) is 53.4 Å². The molecule has 0 atom stereocenters. The van der Waals surface area contributed by atoms with Crippen LogP contribution >= 0.6 is 11.3 Å². The van der Waals surface area contributed by atoms with Crippen molar-refractivity contribution in [2.24, 2.45) is 5.14 Å². The molecule has 10 nitrogen and oxygen atoms in total. The summed E-state index contributed by atoms with van der Waals surface area (Å²) in [5.41, 5.74) is 5.89. The van der Waals surface area contributed by atoms with Crippen molar-refractivity contribution in [3.63, 3.8) is 0 Å². The summed E-state index contributed by atoms with van der Waals surface area (Å²) >= 11 is 0.925. The number of aromatic nitrogens is 1. The van der Waals surface area contributed by atoms with Gasteiger partial charge < -0.3 is 11.1 Å². The van der Waals surface area contributed by atoms with Crippen LogP contribution in [0.1, 0.15) is 15.2 Å². The van der Waals surface area contributed by atoms with Crippen molar-refractivity contribution in [1.29, 1.82) is 0 Å². The maximum Gasteiger partial charge on any atom is 0.280 e. The molecule has 1 heterocycles. The topological polar surface area (TPSA) is 171 Å². The van der Waals surface area contributed by atoms with Crippen LogP contribution in [-0.2, 0) is 10.0 Å². The Kier molecular flexibility index (Phi) is 5.09. The normalized spacial score (nSPS) is 11.2. The van der Waals surface area contributed by atoms with Crippen molar-refractivity contribution in [2.45, 2.75) is 4.90 Å². The summed E-state index contributed by atoms with van der Waals surface area (Å²) in [6.07, 6.45) is 0. The highest BCUT2D eigenvalue weighted by Crippen LogP contribution is 2.32. The van der Waals surface area contributed by atoms with Gasteiger partial charge in [-0.1, -0.05) is 23.5 Å². The predicted molar refractivity (Wildman–Crippen MR) is 104 cm³/mol. The second-order valence-electron chi connectivity index (χ2n) is 5.53. The molecule has 0 unspecified atom stereocenters. The van der Waals surface area contributed by atoms with Crippen LogP contribution in [0.5, 0.6) is 0 Å². The van der Waals surface area contributed by atoms with Gasteiger partial charge in [-0.2, -0.15) is 0 Å². The van der Waals surface area contributed by atoms with Gasteiger partial charge in [0.1, 0.15) is 16.3 Å². The van der Waals surface area contributed by atoms with Crippen molar-refractivity contribution in [3.8, 4) is 0 Å². The molecule has 5 N–H and O–H groups in total. The number of para-hydroxylation sites is 1. The molecule has 1 aromatic heterocycles. The molecule has 0 radical (unpaired) electrons. The molecule has 2 aromatic carbocycles.